The summed E-state index contributed by atoms with van der Waals surface area (Å²) in [6.07, 6.45) is 0. The van der Waals surface area contributed by atoms with Crippen LogP contribution in [0, 0.1) is 0 Å². The third-order valence-corrected chi connectivity index (χ3v) is 4.52. The highest BCUT2D eigenvalue weighted by Crippen LogP contribution is 2.35. The Labute approximate surface area is 131 Å². The van der Waals surface area contributed by atoms with Crippen LogP contribution in [0.2, 0.25) is 0 Å². The smallest absolute Gasteiger partial charge is 0.338 e. The first-order valence-corrected chi connectivity index (χ1v) is 7.95. The van der Waals surface area contributed by atoms with Crippen LogP contribution in [0.25, 0.3) is 22.0 Å². The zero-order valence-electron chi connectivity index (χ0n) is 12.2. The summed E-state index contributed by atoms with van der Waals surface area (Å²) in [5.41, 5.74) is 3.71. The Hall–Kier alpha value is -2.44. The van der Waals surface area contributed by atoms with Gasteiger partial charge in [-0.1, -0.05) is 68.9 Å². The topological polar surface area (TPSA) is 26.3 Å². The maximum atomic E-state index is 12.0. The lowest BCUT2D eigenvalue weighted by atomic mass is 10.0. The normalized spacial score (nSPS) is 10.6. The van der Waals surface area contributed by atoms with Crippen LogP contribution >= 0.6 is 8.19 Å². The highest BCUT2D eigenvalue weighted by Gasteiger charge is 2.14. The number of hydrogen-bond acceptors (Lipinski definition) is 2. The molecule has 0 aliphatic heterocycles. The molecular formula is C19H15O2P. The summed E-state index contributed by atoms with van der Waals surface area (Å²) in [6.45, 7) is 0. The fourth-order valence-electron chi connectivity index (χ4n) is 2.35. The molecule has 2 aromatic carbocycles. The lowest BCUT2D eigenvalue weighted by molar-refractivity contribution is 0.0602. The first-order valence-electron chi connectivity index (χ1n) is 6.99. The Balaban J connectivity index is 2.17. The van der Waals surface area contributed by atoms with Crippen LogP contribution in [-0.2, 0) is 4.74 Å². The molecule has 2 nitrogen and oxygen atoms in total. The fourth-order valence-corrected chi connectivity index (χ4v) is 3.37. The van der Waals surface area contributed by atoms with Gasteiger partial charge in [0.15, 0.2) is 0 Å². The van der Waals surface area contributed by atoms with Gasteiger partial charge in [-0.2, -0.15) is 0 Å². The van der Waals surface area contributed by atoms with E-state index in [2.05, 4.69) is 18.2 Å². The Bertz CT molecular complexity index is 783. The number of carbonyl (C=O) groups excluding carboxylic acids is 1. The first kappa shape index (κ1) is 14.5. The van der Waals surface area contributed by atoms with Gasteiger partial charge in [0.05, 0.1) is 12.7 Å². The van der Waals surface area contributed by atoms with E-state index in [0.717, 1.165) is 24.9 Å². The molecule has 3 aromatic rings. The van der Waals surface area contributed by atoms with Crippen LogP contribution in [0.5, 0.6) is 0 Å². The van der Waals surface area contributed by atoms with Gasteiger partial charge in [0.25, 0.3) is 0 Å². The molecule has 0 atom stereocenters. The van der Waals surface area contributed by atoms with Gasteiger partial charge in [-0.3, -0.25) is 0 Å². The molecule has 1 heterocycles. The Morgan fingerprint density at radius 2 is 1.50 bits per heavy atom. The van der Waals surface area contributed by atoms with Crippen LogP contribution in [0.3, 0.4) is 0 Å². The average Bonchev–Trinajstić information content (AvgIpc) is 2.62. The summed E-state index contributed by atoms with van der Waals surface area (Å²) in [7, 11) is 2.42. The van der Waals surface area contributed by atoms with Crippen molar-refractivity contribution in [3.63, 3.8) is 0 Å². The standard InChI is InChI=1S/C19H15O2P/c1-21-19(20)17-13-22-18(15-10-6-3-7-11-15)12-16(17)14-8-4-2-5-9-14/h2-13H,1H3. The highest BCUT2D eigenvalue weighted by atomic mass is 31.0. The summed E-state index contributed by atoms with van der Waals surface area (Å²) in [5, 5.41) is 1.17. The van der Waals surface area contributed by atoms with E-state index in [4.69, 9.17) is 4.74 Å². The van der Waals surface area contributed by atoms with Gasteiger partial charge in [-0.25, -0.2) is 4.79 Å². The molecule has 0 saturated heterocycles. The number of hydrogen-bond donors (Lipinski definition) is 0. The molecule has 0 aliphatic carbocycles. The lowest BCUT2D eigenvalue weighted by Crippen LogP contribution is -2.02. The summed E-state index contributed by atoms with van der Waals surface area (Å²) in [5.74, 6) is 1.63. The van der Waals surface area contributed by atoms with Crippen LogP contribution in [0.15, 0.2) is 72.5 Å². The Kier molecular flexibility index (Phi) is 4.32. The molecule has 0 spiro atoms. The van der Waals surface area contributed by atoms with Crippen molar-refractivity contribution in [2.24, 2.45) is 0 Å². The number of benzene rings is 2. The minimum atomic E-state index is -0.297. The maximum Gasteiger partial charge on any atom is 0.338 e. The molecule has 22 heavy (non-hydrogen) atoms. The molecule has 0 unspecified atom stereocenters. The molecule has 0 bridgehead atoms. The van der Waals surface area contributed by atoms with Gasteiger partial charge >= 0.3 is 5.97 Å². The van der Waals surface area contributed by atoms with E-state index in [-0.39, 0.29) is 5.97 Å². The largest absolute Gasteiger partial charge is 0.465 e. The average molecular weight is 306 g/mol. The van der Waals surface area contributed by atoms with Gasteiger partial charge in [0, 0.05) is 5.30 Å². The first-order chi connectivity index (χ1) is 10.8. The van der Waals surface area contributed by atoms with Crippen LogP contribution in [0.4, 0.5) is 0 Å². The number of methoxy groups -OCH3 is 1. The fraction of sp³-hybridized carbons (Fsp3) is 0.0526. The molecule has 0 fully saturated rings. The van der Waals surface area contributed by atoms with Crippen molar-refractivity contribution in [3.05, 3.63) is 78.1 Å². The molecule has 1 aromatic heterocycles. The third-order valence-electron chi connectivity index (χ3n) is 3.46. The zero-order chi connectivity index (χ0) is 15.4. The number of carbonyl (C=O) groups is 1. The van der Waals surface area contributed by atoms with Gasteiger partial charge in [0.1, 0.15) is 0 Å². The van der Waals surface area contributed by atoms with E-state index in [0.29, 0.717) is 5.56 Å². The monoisotopic (exact) mass is 306 g/mol. The van der Waals surface area contributed by atoms with Crippen molar-refractivity contribution in [1.29, 1.82) is 0 Å². The molecular weight excluding hydrogens is 291 g/mol. The van der Waals surface area contributed by atoms with Gasteiger partial charge < -0.3 is 4.74 Å². The maximum absolute atomic E-state index is 12.0. The lowest BCUT2D eigenvalue weighted by Gasteiger charge is -2.10. The number of esters is 1. The van der Waals surface area contributed by atoms with Gasteiger partial charge in [0.2, 0.25) is 0 Å². The number of ether oxygens (including phenoxy) is 1. The second-order valence-electron chi connectivity index (χ2n) is 4.84. The van der Waals surface area contributed by atoms with E-state index in [1.54, 1.807) is 0 Å². The van der Waals surface area contributed by atoms with Gasteiger partial charge in [-0.15, -0.1) is 0 Å². The second kappa shape index (κ2) is 6.55. The van der Waals surface area contributed by atoms with Gasteiger partial charge in [-0.05, 0) is 28.6 Å². The zero-order valence-corrected chi connectivity index (χ0v) is 13.1. The Morgan fingerprint density at radius 1 is 0.909 bits per heavy atom. The summed E-state index contributed by atoms with van der Waals surface area (Å²) in [4.78, 5) is 12.0. The van der Waals surface area contributed by atoms with Crippen molar-refractivity contribution >= 4 is 14.2 Å². The van der Waals surface area contributed by atoms with E-state index in [1.165, 1.54) is 12.4 Å². The van der Waals surface area contributed by atoms with Crippen molar-refractivity contribution in [3.8, 4) is 22.0 Å². The second-order valence-corrected chi connectivity index (χ2v) is 5.84. The van der Waals surface area contributed by atoms with Crippen LogP contribution in [0.1, 0.15) is 10.4 Å². The van der Waals surface area contributed by atoms with Crippen molar-refractivity contribution in [2.75, 3.05) is 7.11 Å². The van der Waals surface area contributed by atoms with E-state index in [9.17, 15) is 4.79 Å². The number of rotatable bonds is 3. The van der Waals surface area contributed by atoms with Crippen molar-refractivity contribution < 1.29 is 9.53 Å². The third kappa shape index (κ3) is 2.93. The molecule has 0 N–H and O–H groups in total. The van der Waals surface area contributed by atoms with E-state index in [1.807, 2.05) is 54.3 Å². The summed E-state index contributed by atoms with van der Waals surface area (Å²) >= 11 is 0. The SMILES string of the molecule is COC(=O)c1cpc(-c2ccccc2)cc1-c1ccccc1. The molecule has 0 radical (unpaired) electrons. The van der Waals surface area contributed by atoms with Crippen molar-refractivity contribution in [2.45, 2.75) is 0 Å². The molecule has 3 rings (SSSR count). The van der Waals surface area contributed by atoms with E-state index >= 15 is 0 Å². The highest BCUT2D eigenvalue weighted by molar-refractivity contribution is 7.33. The minimum Gasteiger partial charge on any atom is -0.465 e. The van der Waals surface area contributed by atoms with E-state index < -0.39 is 0 Å². The predicted molar refractivity (Wildman–Crippen MR) is 91.2 cm³/mol. The van der Waals surface area contributed by atoms with Crippen LogP contribution < -0.4 is 0 Å². The quantitative estimate of drug-likeness (QED) is 0.607. The molecule has 0 aliphatic rings. The predicted octanol–water partition coefficient (Wildman–Crippen LogP) is 5.39. The van der Waals surface area contributed by atoms with Crippen LogP contribution in [-0.4, -0.2) is 13.1 Å². The van der Waals surface area contributed by atoms with Crippen molar-refractivity contribution in [1.82, 2.24) is 0 Å². The molecule has 0 amide bonds. The Morgan fingerprint density at radius 3 is 2.09 bits per heavy atom. The minimum absolute atomic E-state index is 0.297. The molecule has 3 heteroatoms. The summed E-state index contributed by atoms with van der Waals surface area (Å²) < 4.78 is 4.92. The molecule has 0 saturated carbocycles. The summed E-state index contributed by atoms with van der Waals surface area (Å²) in [6, 6.07) is 22.2. The molecule has 108 valence electrons.